The van der Waals surface area contributed by atoms with Gasteiger partial charge in [-0.1, -0.05) is 13.8 Å². The summed E-state index contributed by atoms with van der Waals surface area (Å²) in [5.74, 6) is 0. The molecule has 0 amide bonds. The Bertz CT molecular complexity index is 375. The molecule has 1 aromatic rings. The van der Waals surface area contributed by atoms with Crippen LogP contribution in [-0.2, 0) is 11.8 Å². The van der Waals surface area contributed by atoms with Crippen LogP contribution in [0.3, 0.4) is 0 Å². The van der Waals surface area contributed by atoms with Gasteiger partial charge in [-0.2, -0.15) is 0 Å². The average molecular weight is 208 g/mol. The summed E-state index contributed by atoms with van der Waals surface area (Å²) in [6, 6.07) is 1.87. The Morgan fingerprint density at radius 1 is 1.47 bits per heavy atom. The standard InChI is InChI=1S/C11H14N2O.H2O/c1-11(2)5-3-4-8-6-9(13-14)7-12-10(8)11;/h6-7H,3-5H2,1-2H3;1H2. The number of nitrogens with zero attached hydrogens (tertiary/aromatic N) is 2. The van der Waals surface area contributed by atoms with Gasteiger partial charge in [-0.05, 0) is 36.1 Å². The second-order valence-corrected chi connectivity index (χ2v) is 4.53. The van der Waals surface area contributed by atoms with Crippen LogP contribution in [0, 0.1) is 4.91 Å². The molecular formula is C11H16N2O2. The van der Waals surface area contributed by atoms with Gasteiger partial charge in [-0.3, -0.25) is 4.98 Å². The van der Waals surface area contributed by atoms with Gasteiger partial charge >= 0.3 is 0 Å². The minimum absolute atomic E-state index is 0. The maximum Gasteiger partial charge on any atom is 0.126 e. The van der Waals surface area contributed by atoms with Crippen molar-refractivity contribution >= 4 is 5.69 Å². The highest BCUT2D eigenvalue weighted by Crippen LogP contribution is 2.36. The molecule has 4 nitrogen and oxygen atoms in total. The predicted molar refractivity (Wildman–Crippen MR) is 59.3 cm³/mol. The lowest BCUT2D eigenvalue weighted by atomic mass is 9.76. The predicted octanol–water partition coefficient (Wildman–Crippen LogP) is 2.27. The Morgan fingerprint density at radius 2 is 2.20 bits per heavy atom. The van der Waals surface area contributed by atoms with Gasteiger partial charge in [0.25, 0.3) is 0 Å². The van der Waals surface area contributed by atoms with Crippen LogP contribution < -0.4 is 0 Å². The largest absolute Gasteiger partial charge is 0.412 e. The van der Waals surface area contributed by atoms with E-state index in [1.54, 1.807) is 6.20 Å². The molecule has 15 heavy (non-hydrogen) atoms. The molecule has 0 aliphatic heterocycles. The van der Waals surface area contributed by atoms with E-state index in [0.29, 0.717) is 5.69 Å². The molecule has 1 aromatic heterocycles. The Hall–Kier alpha value is -1.29. The second kappa shape index (κ2) is 4.06. The summed E-state index contributed by atoms with van der Waals surface area (Å²) < 4.78 is 0. The SMILES string of the molecule is CC1(C)CCCc2cc(N=O)cnc21.O. The number of hydrogen-bond acceptors (Lipinski definition) is 3. The van der Waals surface area contributed by atoms with Crippen molar-refractivity contribution in [2.24, 2.45) is 5.18 Å². The Morgan fingerprint density at radius 3 is 2.87 bits per heavy atom. The Labute approximate surface area is 89.0 Å². The van der Waals surface area contributed by atoms with Gasteiger partial charge in [0, 0.05) is 11.1 Å². The topological polar surface area (TPSA) is 73.8 Å². The summed E-state index contributed by atoms with van der Waals surface area (Å²) in [5, 5.41) is 2.91. The summed E-state index contributed by atoms with van der Waals surface area (Å²) in [6.07, 6.45) is 4.93. The molecule has 1 aliphatic rings. The first kappa shape index (κ1) is 11.8. The Kier molecular flexibility index (Phi) is 3.19. The summed E-state index contributed by atoms with van der Waals surface area (Å²) >= 11 is 0. The zero-order valence-electron chi connectivity index (χ0n) is 9.08. The fraction of sp³-hybridized carbons (Fsp3) is 0.545. The van der Waals surface area contributed by atoms with Gasteiger partial charge in [0.05, 0.1) is 6.20 Å². The maximum absolute atomic E-state index is 10.4. The van der Waals surface area contributed by atoms with Crippen molar-refractivity contribution in [3.63, 3.8) is 0 Å². The van der Waals surface area contributed by atoms with Crippen molar-refractivity contribution in [1.29, 1.82) is 0 Å². The highest BCUT2D eigenvalue weighted by Gasteiger charge is 2.28. The van der Waals surface area contributed by atoms with E-state index in [4.69, 9.17) is 0 Å². The highest BCUT2D eigenvalue weighted by atomic mass is 16.3. The van der Waals surface area contributed by atoms with Crippen molar-refractivity contribution in [2.45, 2.75) is 38.5 Å². The third-order valence-corrected chi connectivity index (χ3v) is 2.95. The van der Waals surface area contributed by atoms with Crippen molar-refractivity contribution in [2.75, 3.05) is 0 Å². The van der Waals surface area contributed by atoms with Gasteiger partial charge in [0.1, 0.15) is 5.69 Å². The van der Waals surface area contributed by atoms with E-state index in [-0.39, 0.29) is 10.9 Å². The molecule has 1 heterocycles. The first-order valence-electron chi connectivity index (χ1n) is 4.96. The van der Waals surface area contributed by atoms with Crippen molar-refractivity contribution in [1.82, 2.24) is 4.98 Å². The van der Waals surface area contributed by atoms with Gasteiger partial charge in [-0.15, -0.1) is 4.91 Å². The number of aromatic nitrogens is 1. The summed E-state index contributed by atoms with van der Waals surface area (Å²) in [7, 11) is 0. The third-order valence-electron chi connectivity index (χ3n) is 2.95. The average Bonchev–Trinajstić information content (AvgIpc) is 2.16. The van der Waals surface area contributed by atoms with Crippen LogP contribution in [0.25, 0.3) is 0 Å². The lowest BCUT2D eigenvalue weighted by molar-refractivity contribution is 0.418. The molecule has 0 saturated heterocycles. The number of fused-ring (bicyclic) bond motifs is 1. The molecule has 0 bridgehead atoms. The van der Waals surface area contributed by atoms with Crippen molar-refractivity contribution in [3.05, 3.63) is 28.4 Å². The van der Waals surface area contributed by atoms with Crippen LogP contribution in [0.1, 0.15) is 37.9 Å². The smallest absolute Gasteiger partial charge is 0.126 e. The van der Waals surface area contributed by atoms with Crippen LogP contribution in [0.15, 0.2) is 17.4 Å². The molecule has 0 spiro atoms. The van der Waals surface area contributed by atoms with E-state index >= 15 is 0 Å². The second-order valence-electron chi connectivity index (χ2n) is 4.53. The van der Waals surface area contributed by atoms with Gasteiger partial charge in [0.2, 0.25) is 0 Å². The van der Waals surface area contributed by atoms with Gasteiger partial charge in [0.15, 0.2) is 0 Å². The molecule has 1 aliphatic carbocycles. The minimum atomic E-state index is 0. The highest BCUT2D eigenvalue weighted by molar-refractivity contribution is 5.42. The molecular weight excluding hydrogens is 192 g/mol. The van der Waals surface area contributed by atoms with E-state index in [1.165, 1.54) is 18.4 Å². The van der Waals surface area contributed by atoms with Crippen LogP contribution in [0.5, 0.6) is 0 Å². The van der Waals surface area contributed by atoms with Crippen LogP contribution in [0.2, 0.25) is 0 Å². The number of aryl methyl sites for hydroxylation is 1. The Balaban J connectivity index is 0.00000112. The molecule has 2 rings (SSSR count). The maximum atomic E-state index is 10.4. The van der Waals surface area contributed by atoms with E-state index in [0.717, 1.165) is 12.1 Å². The number of nitroso groups, excluding NO2 is 1. The summed E-state index contributed by atoms with van der Waals surface area (Å²) in [5.41, 5.74) is 2.92. The first-order chi connectivity index (χ1) is 6.63. The first-order valence-corrected chi connectivity index (χ1v) is 4.96. The van der Waals surface area contributed by atoms with E-state index in [9.17, 15) is 4.91 Å². The van der Waals surface area contributed by atoms with Crippen LogP contribution in [-0.4, -0.2) is 10.5 Å². The zero-order valence-corrected chi connectivity index (χ0v) is 9.08. The van der Waals surface area contributed by atoms with Gasteiger partial charge in [-0.25, -0.2) is 0 Å². The lowest BCUT2D eigenvalue weighted by Gasteiger charge is -2.30. The van der Waals surface area contributed by atoms with E-state index in [1.807, 2.05) is 6.07 Å². The quantitative estimate of drug-likeness (QED) is 0.664. The van der Waals surface area contributed by atoms with Crippen LogP contribution in [0.4, 0.5) is 5.69 Å². The summed E-state index contributed by atoms with van der Waals surface area (Å²) in [6.45, 7) is 4.40. The molecule has 0 fully saturated rings. The molecule has 0 atom stereocenters. The number of pyridine rings is 1. The zero-order chi connectivity index (χ0) is 10.2. The summed E-state index contributed by atoms with van der Waals surface area (Å²) in [4.78, 5) is 14.7. The molecule has 0 saturated carbocycles. The van der Waals surface area contributed by atoms with E-state index < -0.39 is 0 Å². The van der Waals surface area contributed by atoms with E-state index in [2.05, 4.69) is 24.0 Å². The lowest BCUT2D eigenvalue weighted by Crippen LogP contribution is -2.25. The van der Waals surface area contributed by atoms with Crippen molar-refractivity contribution < 1.29 is 5.48 Å². The normalized spacial score (nSPS) is 17.5. The van der Waals surface area contributed by atoms with Crippen LogP contribution >= 0.6 is 0 Å². The minimum Gasteiger partial charge on any atom is -0.412 e. The molecule has 0 unspecified atom stereocenters. The monoisotopic (exact) mass is 208 g/mol. The fourth-order valence-corrected chi connectivity index (χ4v) is 2.19. The fourth-order valence-electron chi connectivity index (χ4n) is 2.19. The molecule has 82 valence electrons. The number of rotatable bonds is 1. The number of hydrogen-bond donors (Lipinski definition) is 0. The van der Waals surface area contributed by atoms with Crippen molar-refractivity contribution in [3.8, 4) is 0 Å². The molecule has 0 radical (unpaired) electrons. The molecule has 4 heteroatoms. The molecule has 0 aromatic carbocycles. The third kappa shape index (κ3) is 2.04. The molecule has 2 N–H and O–H groups in total. The van der Waals surface area contributed by atoms with Gasteiger partial charge < -0.3 is 5.48 Å².